The van der Waals surface area contributed by atoms with Crippen LogP contribution in [0.5, 0.6) is 0 Å². The highest BCUT2D eigenvalue weighted by Gasteiger charge is 2.50. The number of fused-ring (bicyclic) bond motifs is 1. The molecule has 2 heterocycles. The molecule has 6 nitrogen and oxygen atoms in total. The van der Waals surface area contributed by atoms with Crippen LogP contribution >= 0.6 is 0 Å². The molecule has 0 saturated heterocycles. The quantitative estimate of drug-likeness (QED) is 0.809. The van der Waals surface area contributed by atoms with Crippen LogP contribution in [0.2, 0.25) is 0 Å². The Morgan fingerprint density at radius 3 is 2.57 bits per heavy atom. The third-order valence-corrected chi connectivity index (χ3v) is 6.23. The Hall–Kier alpha value is -2.38. The maximum absolute atomic E-state index is 12.7. The van der Waals surface area contributed by atoms with Gasteiger partial charge in [0.05, 0.1) is 13.1 Å². The summed E-state index contributed by atoms with van der Waals surface area (Å²) in [6.45, 7) is 7.27. The first-order chi connectivity index (χ1) is 14.1. The third kappa shape index (κ3) is 3.72. The summed E-state index contributed by atoms with van der Waals surface area (Å²) in [6, 6.07) is 3.58. The molecule has 164 valence electrons. The lowest BCUT2D eigenvalue weighted by Crippen LogP contribution is -2.43. The van der Waals surface area contributed by atoms with Crippen LogP contribution in [0.15, 0.2) is 12.1 Å². The molecule has 1 N–H and O–H groups in total. The van der Waals surface area contributed by atoms with Crippen molar-refractivity contribution < 1.29 is 23.1 Å². The summed E-state index contributed by atoms with van der Waals surface area (Å²) in [4.78, 5) is 29.3. The molecule has 1 aliphatic carbocycles. The van der Waals surface area contributed by atoms with Gasteiger partial charge in [-0.2, -0.15) is 0 Å². The predicted molar refractivity (Wildman–Crippen MR) is 109 cm³/mol. The van der Waals surface area contributed by atoms with Crippen molar-refractivity contribution in [1.29, 1.82) is 0 Å². The fourth-order valence-corrected chi connectivity index (χ4v) is 4.85. The second-order valence-corrected chi connectivity index (χ2v) is 9.55. The Bertz CT molecular complexity index is 862. The highest BCUT2D eigenvalue weighted by atomic mass is 19.3. The van der Waals surface area contributed by atoms with Crippen molar-refractivity contribution in [3.05, 3.63) is 28.8 Å². The predicted octanol–water partition coefficient (Wildman–Crippen LogP) is 3.67. The summed E-state index contributed by atoms with van der Waals surface area (Å²) in [5, 5.41) is 2.36. The lowest BCUT2D eigenvalue weighted by molar-refractivity contribution is 0.0242. The SMILES string of the molecule is CC(C)(C)OC(=O)N1CCN2CC3(CCC3)c3c(C(=O)NCC(F)F)ccc(c32)C1. The smallest absolute Gasteiger partial charge is 0.410 e. The highest BCUT2D eigenvalue weighted by molar-refractivity contribution is 5.99. The molecule has 3 aliphatic rings. The van der Waals surface area contributed by atoms with Gasteiger partial charge >= 0.3 is 6.09 Å². The van der Waals surface area contributed by atoms with Crippen LogP contribution in [0, 0.1) is 0 Å². The van der Waals surface area contributed by atoms with Gasteiger partial charge in [0.15, 0.2) is 0 Å². The summed E-state index contributed by atoms with van der Waals surface area (Å²) in [5.41, 5.74) is 2.78. The molecule has 0 aromatic heterocycles. The van der Waals surface area contributed by atoms with Crippen LogP contribution in [-0.2, 0) is 16.7 Å². The van der Waals surface area contributed by atoms with E-state index in [0.29, 0.717) is 25.2 Å². The molecule has 0 radical (unpaired) electrons. The number of hydrogen-bond donors (Lipinski definition) is 1. The van der Waals surface area contributed by atoms with Crippen molar-refractivity contribution in [1.82, 2.24) is 10.2 Å². The average Bonchev–Trinajstić information content (AvgIpc) is 2.86. The van der Waals surface area contributed by atoms with E-state index in [9.17, 15) is 18.4 Å². The van der Waals surface area contributed by atoms with E-state index in [1.54, 1.807) is 11.0 Å². The van der Waals surface area contributed by atoms with Gasteiger partial charge in [-0.05, 0) is 50.8 Å². The van der Waals surface area contributed by atoms with Gasteiger partial charge in [0.25, 0.3) is 12.3 Å². The van der Waals surface area contributed by atoms with Crippen LogP contribution in [0.1, 0.15) is 61.5 Å². The summed E-state index contributed by atoms with van der Waals surface area (Å²) < 4.78 is 30.8. The second kappa shape index (κ2) is 7.39. The number of rotatable bonds is 3. The first kappa shape index (κ1) is 20.9. The number of carbonyl (C=O) groups is 2. The zero-order valence-corrected chi connectivity index (χ0v) is 17.8. The fourth-order valence-electron chi connectivity index (χ4n) is 4.85. The fraction of sp³-hybridized carbons (Fsp3) is 0.636. The van der Waals surface area contributed by atoms with Crippen molar-refractivity contribution in [2.24, 2.45) is 0 Å². The minimum absolute atomic E-state index is 0.0864. The Morgan fingerprint density at radius 1 is 1.23 bits per heavy atom. The van der Waals surface area contributed by atoms with Gasteiger partial charge in [0.2, 0.25) is 0 Å². The van der Waals surface area contributed by atoms with Crippen LogP contribution in [0.3, 0.4) is 0 Å². The number of alkyl halides is 2. The van der Waals surface area contributed by atoms with Crippen LogP contribution in [0.25, 0.3) is 0 Å². The van der Waals surface area contributed by atoms with E-state index in [4.69, 9.17) is 4.74 Å². The van der Waals surface area contributed by atoms with Crippen molar-refractivity contribution in [2.75, 3.05) is 31.1 Å². The molecule has 1 spiro atoms. The number of carbonyl (C=O) groups excluding carboxylic acids is 2. The maximum atomic E-state index is 12.7. The number of anilines is 1. The van der Waals surface area contributed by atoms with Crippen LogP contribution in [-0.4, -0.2) is 55.1 Å². The summed E-state index contributed by atoms with van der Waals surface area (Å²) >= 11 is 0. The zero-order chi connectivity index (χ0) is 21.7. The normalized spacial score (nSPS) is 19.4. The second-order valence-electron chi connectivity index (χ2n) is 9.55. The van der Waals surface area contributed by atoms with Gasteiger partial charge in [0, 0.05) is 36.3 Å². The molecule has 0 bridgehead atoms. The van der Waals surface area contributed by atoms with E-state index < -0.39 is 24.5 Å². The standard InChI is InChI=1S/C22H29F2N3O3/c1-21(2,3)30-20(29)26-9-10-27-13-22(7-4-8-22)17-15(19(28)25-11-16(23)24)6-5-14(12-26)18(17)27/h5-6,16H,4,7-13H2,1-3H3,(H,25,28). The Labute approximate surface area is 175 Å². The third-order valence-electron chi connectivity index (χ3n) is 6.23. The molecule has 1 aromatic rings. The number of benzene rings is 1. The number of amides is 2. The maximum Gasteiger partial charge on any atom is 0.410 e. The monoisotopic (exact) mass is 421 g/mol. The molecular formula is C22H29F2N3O3. The average molecular weight is 421 g/mol. The summed E-state index contributed by atoms with van der Waals surface area (Å²) in [7, 11) is 0. The molecule has 4 rings (SSSR count). The minimum atomic E-state index is -2.58. The van der Waals surface area contributed by atoms with Gasteiger partial charge in [-0.15, -0.1) is 0 Å². The van der Waals surface area contributed by atoms with E-state index in [-0.39, 0.29) is 11.5 Å². The molecule has 0 unspecified atom stereocenters. The first-order valence-corrected chi connectivity index (χ1v) is 10.6. The van der Waals surface area contributed by atoms with Gasteiger partial charge in [0.1, 0.15) is 5.60 Å². The lowest BCUT2D eigenvalue weighted by atomic mass is 9.64. The summed E-state index contributed by atoms with van der Waals surface area (Å²) in [6.07, 6.45) is 0.143. The van der Waals surface area contributed by atoms with E-state index in [1.807, 2.05) is 26.8 Å². The Balaban J connectivity index is 1.68. The molecular weight excluding hydrogens is 392 g/mol. The zero-order valence-electron chi connectivity index (χ0n) is 17.8. The number of nitrogens with zero attached hydrogens (tertiary/aromatic N) is 2. The van der Waals surface area contributed by atoms with Gasteiger partial charge in [-0.3, -0.25) is 4.79 Å². The largest absolute Gasteiger partial charge is 0.444 e. The Morgan fingerprint density at radius 2 is 1.97 bits per heavy atom. The number of nitrogens with one attached hydrogen (secondary N) is 1. The summed E-state index contributed by atoms with van der Waals surface area (Å²) in [5.74, 6) is -0.450. The van der Waals surface area contributed by atoms with Gasteiger partial charge < -0.3 is 19.9 Å². The molecule has 1 saturated carbocycles. The molecule has 8 heteroatoms. The van der Waals surface area contributed by atoms with E-state index in [2.05, 4.69) is 10.2 Å². The van der Waals surface area contributed by atoms with Gasteiger partial charge in [-0.25, -0.2) is 13.6 Å². The molecule has 0 atom stereocenters. The molecule has 1 fully saturated rings. The minimum Gasteiger partial charge on any atom is -0.444 e. The molecule has 2 amide bonds. The number of halogens is 2. The molecule has 2 aliphatic heterocycles. The number of hydrogen-bond acceptors (Lipinski definition) is 4. The Kier molecular flexibility index (Phi) is 5.14. The first-order valence-electron chi connectivity index (χ1n) is 10.6. The van der Waals surface area contributed by atoms with Gasteiger partial charge in [-0.1, -0.05) is 12.5 Å². The topological polar surface area (TPSA) is 61.9 Å². The van der Waals surface area contributed by atoms with Crippen molar-refractivity contribution in [3.8, 4) is 0 Å². The van der Waals surface area contributed by atoms with Crippen molar-refractivity contribution >= 4 is 17.7 Å². The van der Waals surface area contributed by atoms with E-state index in [0.717, 1.165) is 42.6 Å². The lowest BCUT2D eigenvalue weighted by Gasteiger charge is -2.40. The van der Waals surface area contributed by atoms with E-state index in [1.165, 1.54) is 0 Å². The molecule has 1 aromatic carbocycles. The highest BCUT2D eigenvalue weighted by Crippen LogP contribution is 2.55. The molecule has 30 heavy (non-hydrogen) atoms. The van der Waals surface area contributed by atoms with Crippen molar-refractivity contribution in [2.45, 2.75) is 64.0 Å². The van der Waals surface area contributed by atoms with E-state index >= 15 is 0 Å². The number of ether oxygens (including phenoxy) is 1. The van der Waals surface area contributed by atoms with Crippen molar-refractivity contribution in [3.63, 3.8) is 0 Å². The van der Waals surface area contributed by atoms with Crippen LogP contribution in [0.4, 0.5) is 19.3 Å². The van der Waals surface area contributed by atoms with Crippen LogP contribution < -0.4 is 10.2 Å².